The summed E-state index contributed by atoms with van der Waals surface area (Å²) in [5.41, 5.74) is 0. The highest BCUT2D eigenvalue weighted by molar-refractivity contribution is 6.74. The molecule has 1 atom stereocenters. The number of rotatable bonds is 2. The maximum absolute atomic E-state index is 10.9. The first-order chi connectivity index (χ1) is 6.72. The Morgan fingerprint density at radius 2 is 2.07 bits per heavy atom. The van der Waals surface area contributed by atoms with Crippen LogP contribution in [0.2, 0.25) is 18.1 Å². The van der Waals surface area contributed by atoms with Gasteiger partial charge in [0.1, 0.15) is 6.61 Å². The average Bonchev–Trinajstić information content (AvgIpc) is 2.06. The zero-order valence-electron chi connectivity index (χ0n) is 10.2. The minimum Gasteiger partial charge on any atom is -0.389 e. The van der Waals surface area contributed by atoms with Crippen molar-refractivity contribution in [3.05, 3.63) is 12.2 Å². The number of carbonyl (C=O) groups excluding carboxylic acids is 1. The van der Waals surface area contributed by atoms with Crippen LogP contribution >= 0.6 is 0 Å². The molecule has 0 aromatic carbocycles. The normalized spacial score (nSPS) is 23.3. The number of ketones is 1. The summed E-state index contributed by atoms with van der Waals surface area (Å²) in [5.74, 6) is 0.00471. The molecule has 0 N–H and O–H groups in total. The average molecular weight is 228 g/mol. The molecule has 0 fully saturated rings. The summed E-state index contributed by atoms with van der Waals surface area (Å²) >= 11 is 0. The molecule has 1 rings (SSSR count). The van der Waals surface area contributed by atoms with E-state index in [0.29, 0.717) is 0 Å². The predicted molar refractivity (Wildman–Crippen MR) is 62.2 cm³/mol. The molecule has 0 radical (unpaired) electrons. The molecule has 15 heavy (non-hydrogen) atoms. The summed E-state index contributed by atoms with van der Waals surface area (Å²) in [4.78, 5) is 10.9. The maximum atomic E-state index is 10.9. The lowest BCUT2D eigenvalue weighted by Crippen LogP contribution is -2.45. The summed E-state index contributed by atoms with van der Waals surface area (Å²) in [6, 6.07) is 0. The van der Waals surface area contributed by atoms with Gasteiger partial charge < -0.3 is 9.16 Å². The molecule has 0 aliphatic carbocycles. The molecule has 1 aliphatic heterocycles. The minimum atomic E-state index is -1.80. The predicted octanol–water partition coefficient (Wildman–Crippen LogP) is 2.49. The van der Waals surface area contributed by atoms with Crippen molar-refractivity contribution in [2.75, 3.05) is 6.61 Å². The SMILES string of the molecule is CC(C)(C)[Si](C)(C)O[C@@H]1C=CC(=O)CO1. The zero-order chi connectivity index (χ0) is 11.7. The first kappa shape index (κ1) is 12.6. The Morgan fingerprint density at radius 1 is 1.47 bits per heavy atom. The molecule has 1 heterocycles. The van der Waals surface area contributed by atoms with Gasteiger partial charge in [0.05, 0.1) is 0 Å². The molecule has 4 heteroatoms. The van der Waals surface area contributed by atoms with Crippen molar-refractivity contribution in [2.24, 2.45) is 0 Å². The molecule has 0 amide bonds. The highest BCUT2D eigenvalue weighted by Crippen LogP contribution is 2.37. The van der Waals surface area contributed by atoms with Crippen molar-refractivity contribution in [3.8, 4) is 0 Å². The maximum Gasteiger partial charge on any atom is 0.195 e. The van der Waals surface area contributed by atoms with Gasteiger partial charge in [0.15, 0.2) is 20.4 Å². The monoisotopic (exact) mass is 228 g/mol. The summed E-state index contributed by atoms with van der Waals surface area (Å²) in [7, 11) is -1.80. The van der Waals surface area contributed by atoms with Gasteiger partial charge in [-0.1, -0.05) is 20.8 Å². The van der Waals surface area contributed by atoms with Crippen LogP contribution in [0.1, 0.15) is 20.8 Å². The van der Waals surface area contributed by atoms with Crippen LogP contribution in [-0.2, 0) is 14.0 Å². The fourth-order valence-electron chi connectivity index (χ4n) is 0.994. The summed E-state index contributed by atoms with van der Waals surface area (Å²) in [5, 5.41) is 0.158. The fourth-order valence-corrected chi connectivity index (χ4v) is 2.08. The van der Waals surface area contributed by atoms with Crippen LogP contribution in [0, 0.1) is 0 Å². The Bertz CT molecular complexity index is 276. The molecule has 0 bridgehead atoms. The quantitative estimate of drug-likeness (QED) is 0.681. The molecule has 3 nitrogen and oxygen atoms in total. The van der Waals surface area contributed by atoms with E-state index in [0.717, 1.165) is 0 Å². The molecule has 0 aromatic rings. The van der Waals surface area contributed by atoms with Gasteiger partial charge in [-0.05, 0) is 30.3 Å². The van der Waals surface area contributed by atoms with Gasteiger partial charge in [-0.25, -0.2) is 0 Å². The topological polar surface area (TPSA) is 35.5 Å². The Kier molecular flexibility index (Phi) is 3.53. The van der Waals surface area contributed by atoms with Crippen molar-refractivity contribution in [3.63, 3.8) is 0 Å². The second-order valence-electron chi connectivity index (χ2n) is 5.38. The Balaban J connectivity index is 2.63. The molecule has 0 aromatic heterocycles. The van der Waals surface area contributed by atoms with Gasteiger partial charge in [0.2, 0.25) is 0 Å². The van der Waals surface area contributed by atoms with Crippen LogP contribution in [-0.4, -0.2) is 27.0 Å². The van der Waals surface area contributed by atoms with Crippen LogP contribution in [0.4, 0.5) is 0 Å². The lowest BCUT2D eigenvalue weighted by atomic mass is 10.2. The van der Waals surface area contributed by atoms with Crippen LogP contribution in [0.15, 0.2) is 12.2 Å². The first-order valence-corrected chi connectivity index (χ1v) is 8.14. The molecule has 86 valence electrons. The van der Waals surface area contributed by atoms with Crippen LogP contribution in [0.5, 0.6) is 0 Å². The molecule has 0 spiro atoms. The second-order valence-corrected chi connectivity index (χ2v) is 10.1. The fraction of sp³-hybridized carbons (Fsp3) is 0.727. The van der Waals surface area contributed by atoms with E-state index in [1.165, 1.54) is 0 Å². The number of ether oxygens (including phenoxy) is 1. The van der Waals surface area contributed by atoms with E-state index in [2.05, 4.69) is 33.9 Å². The third-order valence-electron chi connectivity index (χ3n) is 3.05. The molecular weight excluding hydrogens is 208 g/mol. The van der Waals surface area contributed by atoms with E-state index >= 15 is 0 Å². The van der Waals surface area contributed by atoms with E-state index in [-0.39, 0.29) is 23.7 Å². The van der Waals surface area contributed by atoms with Gasteiger partial charge in [-0.15, -0.1) is 0 Å². The highest BCUT2D eigenvalue weighted by atomic mass is 28.4. The Labute approximate surface area is 92.6 Å². The largest absolute Gasteiger partial charge is 0.389 e. The van der Waals surface area contributed by atoms with E-state index in [1.54, 1.807) is 12.2 Å². The van der Waals surface area contributed by atoms with Crippen molar-refractivity contribution in [2.45, 2.75) is 45.2 Å². The van der Waals surface area contributed by atoms with Gasteiger partial charge in [-0.3, -0.25) is 4.79 Å². The van der Waals surface area contributed by atoms with Gasteiger partial charge in [-0.2, -0.15) is 0 Å². The first-order valence-electron chi connectivity index (χ1n) is 5.23. The number of carbonyl (C=O) groups is 1. The van der Waals surface area contributed by atoms with Crippen LogP contribution < -0.4 is 0 Å². The van der Waals surface area contributed by atoms with Crippen LogP contribution in [0.25, 0.3) is 0 Å². The van der Waals surface area contributed by atoms with E-state index in [4.69, 9.17) is 9.16 Å². The molecule has 0 unspecified atom stereocenters. The number of hydrogen-bond donors (Lipinski definition) is 0. The van der Waals surface area contributed by atoms with Crippen molar-refractivity contribution < 1.29 is 14.0 Å². The lowest BCUT2D eigenvalue weighted by Gasteiger charge is -2.38. The highest BCUT2D eigenvalue weighted by Gasteiger charge is 2.39. The van der Waals surface area contributed by atoms with Gasteiger partial charge >= 0.3 is 0 Å². The zero-order valence-corrected chi connectivity index (χ0v) is 11.2. The lowest BCUT2D eigenvalue weighted by molar-refractivity contribution is -0.129. The van der Waals surface area contributed by atoms with Crippen molar-refractivity contribution >= 4 is 14.1 Å². The van der Waals surface area contributed by atoms with Crippen LogP contribution in [0.3, 0.4) is 0 Å². The molecule has 0 saturated heterocycles. The van der Waals surface area contributed by atoms with Crippen molar-refractivity contribution in [1.82, 2.24) is 0 Å². The summed E-state index contributed by atoms with van der Waals surface area (Å²) in [6.07, 6.45) is 2.90. The Hall–Kier alpha value is -0.453. The summed E-state index contributed by atoms with van der Waals surface area (Å²) < 4.78 is 11.3. The summed E-state index contributed by atoms with van der Waals surface area (Å²) in [6.45, 7) is 11.0. The van der Waals surface area contributed by atoms with E-state index in [9.17, 15) is 4.79 Å². The van der Waals surface area contributed by atoms with Gasteiger partial charge in [0.25, 0.3) is 0 Å². The molecular formula is C11H20O3Si. The molecule has 0 saturated carbocycles. The number of hydrogen-bond acceptors (Lipinski definition) is 3. The smallest absolute Gasteiger partial charge is 0.195 e. The third-order valence-corrected chi connectivity index (χ3v) is 7.48. The molecule has 1 aliphatic rings. The third kappa shape index (κ3) is 3.26. The minimum absolute atomic E-state index is 0.00471. The van der Waals surface area contributed by atoms with Crippen molar-refractivity contribution in [1.29, 1.82) is 0 Å². The van der Waals surface area contributed by atoms with E-state index in [1.807, 2.05) is 0 Å². The second kappa shape index (κ2) is 4.20. The Morgan fingerprint density at radius 3 is 2.47 bits per heavy atom. The standard InChI is InChI=1S/C11H20O3Si/c1-11(2,3)15(4,5)14-10-7-6-9(12)8-13-10/h6-7,10H,8H2,1-5H3/t10-/m1/s1. The van der Waals surface area contributed by atoms with Gasteiger partial charge in [0, 0.05) is 0 Å². The van der Waals surface area contributed by atoms with E-state index < -0.39 is 8.32 Å².